The van der Waals surface area contributed by atoms with Crippen LogP contribution in [-0.2, 0) is 22.3 Å². The Balaban J connectivity index is 1.05. The van der Waals surface area contributed by atoms with Crippen molar-refractivity contribution in [1.29, 1.82) is 0 Å². The highest BCUT2D eigenvalue weighted by Gasteiger charge is 2.63. The summed E-state index contributed by atoms with van der Waals surface area (Å²) >= 11 is 0. The normalized spacial score (nSPS) is 31.5. The van der Waals surface area contributed by atoms with E-state index in [1.54, 1.807) is 0 Å². The summed E-state index contributed by atoms with van der Waals surface area (Å²) in [6.07, 6.45) is 7.78. The van der Waals surface area contributed by atoms with Crippen LogP contribution in [-0.4, -0.2) is 72.5 Å². The van der Waals surface area contributed by atoms with Crippen molar-refractivity contribution in [1.82, 2.24) is 10.3 Å². The second-order valence-corrected chi connectivity index (χ2v) is 12.3. The molecule has 4 N–H and O–H groups in total. The molecule has 1 aromatic heterocycles. The molecule has 2 saturated carbocycles. The maximum atomic E-state index is 11.6. The van der Waals surface area contributed by atoms with Gasteiger partial charge in [-0.1, -0.05) is 19.1 Å². The van der Waals surface area contributed by atoms with Gasteiger partial charge in [-0.3, -0.25) is 4.98 Å². The second-order valence-electron chi connectivity index (χ2n) is 12.3. The minimum atomic E-state index is -0.529. The highest BCUT2D eigenvalue weighted by Crippen LogP contribution is 2.66. The molecular weight excluding hydrogens is 492 g/mol. The topological polar surface area (TPSA) is 104 Å². The molecule has 7 heteroatoms. The number of aliphatic hydroxyl groups is 2. The van der Waals surface area contributed by atoms with Crippen LogP contribution in [0.4, 0.5) is 0 Å². The van der Waals surface area contributed by atoms with Crippen molar-refractivity contribution in [3.05, 3.63) is 59.4 Å². The van der Waals surface area contributed by atoms with Gasteiger partial charge in [-0.05, 0) is 97.1 Å². The van der Waals surface area contributed by atoms with E-state index in [0.29, 0.717) is 56.4 Å². The van der Waals surface area contributed by atoms with Gasteiger partial charge in [-0.15, -0.1) is 0 Å². The van der Waals surface area contributed by atoms with Crippen molar-refractivity contribution in [2.24, 2.45) is 22.7 Å². The van der Waals surface area contributed by atoms with Crippen molar-refractivity contribution in [3.8, 4) is 5.75 Å². The quantitative estimate of drug-likeness (QED) is 0.287. The molecule has 2 aromatic rings. The van der Waals surface area contributed by atoms with Crippen LogP contribution in [0.25, 0.3) is 0 Å². The Morgan fingerprint density at radius 3 is 2.69 bits per heavy atom. The lowest BCUT2D eigenvalue weighted by Crippen LogP contribution is -2.46. The van der Waals surface area contributed by atoms with Crippen LogP contribution < -0.4 is 5.32 Å². The van der Waals surface area contributed by atoms with Crippen LogP contribution in [0.15, 0.2) is 42.6 Å². The van der Waals surface area contributed by atoms with Gasteiger partial charge in [0, 0.05) is 43.4 Å². The first-order valence-corrected chi connectivity index (χ1v) is 14.8. The zero-order valence-corrected chi connectivity index (χ0v) is 23.4. The number of rotatable bonds is 13. The lowest BCUT2D eigenvalue weighted by atomic mass is 9.55. The van der Waals surface area contributed by atoms with E-state index in [-0.39, 0.29) is 12.0 Å². The van der Waals surface area contributed by atoms with Crippen LogP contribution in [0.3, 0.4) is 0 Å². The Kier molecular flexibility index (Phi) is 9.24. The third-order valence-corrected chi connectivity index (χ3v) is 10.1. The van der Waals surface area contributed by atoms with Crippen molar-refractivity contribution >= 4 is 0 Å². The van der Waals surface area contributed by atoms with Crippen LogP contribution in [0.2, 0.25) is 0 Å². The van der Waals surface area contributed by atoms with E-state index < -0.39 is 11.5 Å². The number of hydrogen-bond acceptors (Lipinski definition) is 7. The third-order valence-electron chi connectivity index (χ3n) is 10.1. The fraction of sp³-hybridized carbons (Fsp3) is 0.656. The fourth-order valence-corrected chi connectivity index (χ4v) is 7.99. The first kappa shape index (κ1) is 28.5. The van der Waals surface area contributed by atoms with Crippen molar-refractivity contribution in [2.45, 2.75) is 63.9 Å². The zero-order chi connectivity index (χ0) is 27.3. The maximum absolute atomic E-state index is 11.6. The van der Waals surface area contributed by atoms with E-state index in [0.717, 1.165) is 57.3 Å². The van der Waals surface area contributed by atoms with Gasteiger partial charge in [-0.25, -0.2) is 0 Å². The van der Waals surface area contributed by atoms with Crippen molar-refractivity contribution < 1.29 is 24.8 Å². The molecule has 2 fully saturated rings. The highest BCUT2D eigenvalue weighted by atomic mass is 16.5. The molecular formula is C32H46N2O5. The Morgan fingerprint density at radius 1 is 1.05 bits per heavy atom. The summed E-state index contributed by atoms with van der Waals surface area (Å²) in [5.74, 6) is 1.72. The summed E-state index contributed by atoms with van der Waals surface area (Å²) < 4.78 is 11.6. The van der Waals surface area contributed by atoms with Crippen molar-refractivity contribution in [3.63, 3.8) is 0 Å². The summed E-state index contributed by atoms with van der Waals surface area (Å²) in [6.45, 7) is 6.11. The zero-order valence-electron chi connectivity index (χ0n) is 23.4. The molecule has 0 aliphatic heterocycles. The van der Waals surface area contributed by atoms with Crippen LogP contribution in [0.5, 0.6) is 5.75 Å². The summed E-state index contributed by atoms with van der Waals surface area (Å²) in [6, 6.07) is 11.8. The number of pyridine rings is 1. The molecule has 0 spiro atoms. The highest BCUT2D eigenvalue weighted by molar-refractivity contribution is 5.40. The number of fused-ring (bicyclic) bond motifs is 5. The second kappa shape index (κ2) is 12.6. The SMILES string of the molecule is C[C@]12CCC3c4ccc(O)cc4CCC3C1C[C@@](CO)(CCOCCOCCNCCc1ccccn1)[C@@H]2O. The molecule has 3 aliphatic rings. The molecule has 5 rings (SSSR count). The Labute approximate surface area is 233 Å². The lowest BCUT2D eigenvalue weighted by Gasteiger charge is -2.50. The monoisotopic (exact) mass is 538 g/mol. The average Bonchev–Trinajstić information content (AvgIpc) is 3.19. The van der Waals surface area contributed by atoms with E-state index >= 15 is 0 Å². The van der Waals surface area contributed by atoms with Crippen molar-refractivity contribution in [2.75, 3.05) is 46.1 Å². The van der Waals surface area contributed by atoms with Crippen LogP contribution in [0.1, 0.15) is 61.8 Å². The van der Waals surface area contributed by atoms with Gasteiger partial charge in [-0.2, -0.15) is 0 Å². The maximum Gasteiger partial charge on any atom is 0.115 e. The number of aromatic nitrogens is 1. The fourth-order valence-electron chi connectivity index (χ4n) is 7.99. The molecule has 214 valence electrons. The van der Waals surface area contributed by atoms with E-state index in [4.69, 9.17) is 9.47 Å². The number of nitrogens with one attached hydrogen (secondary N) is 1. The molecule has 3 aliphatic carbocycles. The molecule has 3 unspecified atom stereocenters. The predicted molar refractivity (Wildman–Crippen MR) is 151 cm³/mol. The molecule has 7 nitrogen and oxygen atoms in total. The number of phenolic OH excluding ortho intramolecular Hbond substituents is 1. The van der Waals surface area contributed by atoms with Gasteiger partial charge < -0.3 is 30.1 Å². The van der Waals surface area contributed by atoms with E-state index in [1.165, 1.54) is 11.1 Å². The van der Waals surface area contributed by atoms with Gasteiger partial charge in [0.1, 0.15) is 5.75 Å². The Hall–Kier alpha value is -2.03. The minimum absolute atomic E-state index is 0.00780. The van der Waals surface area contributed by atoms with Gasteiger partial charge >= 0.3 is 0 Å². The summed E-state index contributed by atoms with van der Waals surface area (Å²) in [5, 5.41) is 35.5. The Morgan fingerprint density at radius 2 is 1.90 bits per heavy atom. The van der Waals surface area contributed by atoms with Crippen LogP contribution >= 0.6 is 0 Å². The summed E-state index contributed by atoms with van der Waals surface area (Å²) in [4.78, 5) is 4.33. The van der Waals surface area contributed by atoms with E-state index in [1.807, 2.05) is 36.5 Å². The van der Waals surface area contributed by atoms with E-state index in [9.17, 15) is 15.3 Å². The van der Waals surface area contributed by atoms with Gasteiger partial charge in [0.05, 0.1) is 32.5 Å². The lowest BCUT2D eigenvalue weighted by molar-refractivity contribution is -0.0789. The predicted octanol–water partition coefficient (Wildman–Crippen LogP) is 3.85. The smallest absolute Gasteiger partial charge is 0.115 e. The first-order chi connectivity index (χ1) is 19.0. The summed E-state index contributed by atoms with van der Waals surface area (Å²) in [7, 11) is 0. The van der Waals surface area contributed by atoms with Gasteiger partial charge in [0.2, 0.25) is 0 Å². The van der Waals surface area contributed by atoms with E-state index in [2.05, 4.69) is 23.3 Å². The Bertz CT molecular complexity index is 1070. The molecule has 0 radical (unpaired) electrons. The number of phenols is 1. The number of nitrogens with zero attached hydrogens (tertiary/aromatic N) is 1. The minimum Gasteiger partial charge on any atom is -0.508 e. The van der Waals surface area contributed by atoms with Gasteiger partial charge in [0.15, 0.2) is 0 Å². The number of hydrogen-bond donors (Lipinski definition) is 4. The number of aromatic hydroxyl groups is 1. The van der Waals surface area contributed by atoms with Crippen LogP contribution in [0, 0.1) is 22.7 Å². The van der Waals surface area contributed by atoms with Gasteiger partial charge in [0.25, 0.3) is 0 Å². The molecule has 39 heavy (non-hydrogen) atoms. The molecule has 0 bridgehead atoms. The molecule has 1 aromatic carbocycles. The summed E-state index contributed by atoms with van der Waals surface area (Å²) in [5.41, 5.74) is 3.06. The number of aliphatic hydroxyl groups excluding tert-OH is 2. The number of benzene rings is 1. The molecule has 1 heterocycles. The first-order valence-electron chi connectivity index (χ1n) is 14.8. The largest absolute Gasteiger partial charge is 0.508 e. The molecule has 0 amide bonds. The molecule has 6 atom stereocenters. The number of ether oxygens (including phenoxy) is 2. The molecule has 0 saturated heterocycles. The number of aryl methyl sites for hydroxylation is 1. The average molecular weight is 539 g/mol. The third kappa shape index (κ3) is 6.03. The standard InChI is InChI=1S/C32H46N2O5/c1-31-11-9-27-26-8-6-25(36)20-23(26)5-7-28(27)29(31)21-32(22-35,30(31)37)12-16-38-18-19-39-17-15-33-14-10-24-4-2-3-13-34-24/h2-4,6,8,13,20,27-30,33,35-37H,5,7,9-12,14-19,21-22H2,1H3/t27?,28?,29?,30-,31+,32-/m1/s1.